The molecule has 1 saturated heterocycles. The van der Waals surface area contributed by atoms with E-state index in [-0.39, 0.29) is 5.41 Å². The van der Waals surface area contributed by atoms with Gasteiger partial charge in [-0.15, -0.1) is 0 Å². The number of morpholine rings is 1. The zero-order valence-electron chi connectivity index (χ0n) is 12.0. The van der Waals surface area contributed by atoms with Crippen molar-refractivity contribution in [3.63, 3.8) is 0 Å². The van der Waals surface area contributed by atoms with Crippen molar-refractivity contribution >= 4 is 5.95 Å². The average molecular weight is 275 g/mol. The van der Waals surface area contributed by atoms with Crippen molar-refractivity contribution in [3.8, 4) is 0 Å². The summed E-state index contributed by atoms with van der Waals surface area (Å²) in [5.74, 6) is 0.673. The van der Waals surface area contributed by atoms with E-state index in [9.17, 15) is 0 Å². The number of allylic oxidation sites excluding steroid dienone is 3. The maximum Gasteiger partial charge on any atom is 0.222 e. The summed E-state index contributed by atoms with van der Waals surface area (Å²) in [5.41, 5.74) is 2.56. The summed E-state index contributed by atoms with van der Waals surface area (Å²) in [6, 6.07) is 0. The molecule has 0 spiro atoms. The zero-order valence-corrected chi connectivity index (χ0v) is 12.0. The van der Waals surface area contributed by atoms with Crippen LogP contribution in [0.1, 0.15) is 20.3 Å². The Morgan fingerprint density at radius 2 is 2.15 bits per heavy atom. The number of rotatable bonds is 3. The van der Waals surface area contributed by atoms with Crippen molar-refractivity contribution in [2.24, 2.45) is 5.41 Å². The predicted molar refractivity (Wildman–Crippen MR) is 77.0 cm³/mol. The van der Waals surface area contributed by atoms with E-state index in [0.29, 0.717) is 5.95 Å². The van der Waals surface area contributed by atoms with E-state index >= 15 is 0 Å². The van der Waals surface area contributed by atoms with Crippen molar-refractivity contribution < 1.29 is 4.74 Å². The number of H-pyrrole nitrogens is 1. The van der Waals surface area contributed by atoms with Crippen LogP contribution in [0.15, 0.2) is 29.9 Å². The Labute approximate surface area is 118 Å². The molecule has 0 bridgehead atoms. The number of aromatic amines is 1. The summed E-state index contributed by atoms with van der Waals surface area (Å²) >= 11 is 0. The number of aromatic nitrogens is 3. The molecule has 0 atom stereocenters. The molecule has 2 aliphatic rings. The number of ether oxygens (including phenoxy) is 1. The van der Waals surface area contributed by atoms with Crippen LogP contribution in [0.4, 0.5) is 5.95 Å². The van der Waals surface area contributed by atoms with Crippen molar-refractivity contribution in [2.45, 2.75) is 20.3 Å². The van der Waals surface area contributed by atoms with Crippen LogP contribution < -0.4 is 5.32 Å². The quantitative estimate of drug-likeness (QED) is 0.879. The zero-order chi connectivity index (χ0) is 14.0. The molecule has 0 saturated carbocycles. The molecule has 0 unspecified atom stereocenters. The summed E-state index contributed by atoms with van der Waals surface area (Å²) in [6.45, 7) is 8.07. The predicted octanol–water partition coefficient (Wildman–Crippen LogP) is 1.75. The van der Waals surface area contributed by atoms with Crippen LogP contribution in [0.5, 0.6) is 0 Å². The Morgan fingerprint density at radius 3 is 2.85 bits per heavy atom. The Kier molecular flexibility index (Phi) is 3.48. The summed E-state index contributed by atoms with van der Waals surface area (Å²) < 4.78 is 5.43. The van der Waals surface area contributed by atoms with E-state index in [2.05, 4.69) is 51.4 Å². The van der Waals surface area contributed by atoms with Gasteiger partial charge in [0, 0.05) is 24.5 Å². The summed E-state index contributed by atoms with van der Waals surface area (Å²) in [4.78, 5) is 6.53. The van der Waals surface area contributed by atoms with Crippen molar-refractivity contribution in [2.75, 3.05) is 31.6 Å². The first-order valence-corrected chi connectivity index (χ1v) is 7.01. The Hall–Kier alpha value is -1.82. The third kappa shape index (κ3) is 3.01. The van der Waals surface area contributed by atoms with E-state index in [1.165, 1.54) is 12.0 Å². The second-order valence-electron chi connectivity index (χ2n) is 5.96. The van der Waals surface area contributed by atoms with Crippen LogP contribution in [0, 0.1) is 5.41 Å². The van der Waals surface area contributed by atoms with Crippen molar-refractivity contribution in [1.29, 1.82) is 0 Å². The van der Waals surface area contributed by atoms with Gasteiger partial charge >= 0.3 is 0 Å². The van der Waals surface area contributed by atoms with Crippen LogP contribution in [-0.4, -0.2) is 46.4 Å². The second kappa shape index (κ2) is 5.28. The lowest BCUT2D eigenvalue weighted by molar-refractivity contribution is 0.0500. The van der Waals surface area contributed by atoms with Gasteiger partial charge in [0.2, 0.25) is 5.95 Å². The Morgan fingerprint density at radius 1 is 1.35 bits per heavy atom. The molecule has 1 aliphatic carbocycles. The molecule has 1 aromatic heterocycles. The van der Waals surface area contributed by atoms with Crippen LogP contribution in [0.25, 0.3) is 0 Å². The van der Waals surface area contributed by atoms with Crippen LogP contribution in [-0.2, 0) is 4.74 Å². The smallest absolute Gasteiger partial charge is 0.222 e. The molecule has 2 heterocycles. The lowest BCUT2D eigenvalue weighted by Crippen LogP contribution is -2.37. The van der Waals surface area contributed by atoms with E-state index in [1.54, 1.807) is 0 Å². The Balaban J connectivity index is 1.80. The van der Waals surface area contributed by atoms with E-state index < -0.39 is 0 Å². The number of hydrogen-bond donors (Lipinski definition) is 2. The minimum Gasteiger partial charge on any atom is -0.378 e. The minimum absolute atomic E-state index is 0.130. The number of nitrogens with one attached hydrogen (secondary N) is 2. The lowest BCUT2D eigenvalue weighted by Gasteiger charge is -2.37. The average Bonchev–Trinajstić information content (AvgIpc) is 2.91. The van der Waals surface area contributed by atoms with Gasteiger partial charge in [-0.1, -0.05) is 19.9 Å². The van der Waals surface area contributed by atoms with E-state index in [1.807, 2.05) is 0 Å². The molecule has 3 rings (SSSR count). The molecular weight excluding hydrogens is 254 g/mol. The molecule has 0 radical (unpaired) electrons. The van der Waals surface area contributed by atoms with Gasteiger partial charge in [0.1, 0.15) is 6.33 Å². The lowest BCUT2D eigenvalue weighted by atomic mass is 9.83. The molecule has 1 aliphatic heterocycles. The SMILES string of the molecule is CC1(C)C=C(Nc2ncn[nH]2)C=C(N2CCOCC2)C1. The van der Waals surface area contributed by atoms with Gasteiger partial charge in [0.25, 0.3) is 0 Å². The monoisotopic (exact) mass is 275 g/mol. The molecule has 108 valence electrons. The highest BCUT2D eigenvalue weighted by molar-refractivity contribution is 5.43. The summed E-state index contributed by atoms with van der Waals surface area (Å²) in [5, 5.41) is 9.97. The first-order valence-electron chi connectivity index (χ1n) is 7.01. The standard InChI is InChI=1S/C14H21N5O/c1-14(2)8-11(17-13-15-10-16-18-13)7-12(9-14)19-3-5-20-6-4-19/h7-8,10H,3-6,9H2,1-2H3,(H2,15,16,17,18). The fraction of sp³-hybridized carbons (Fsp3) is 0.571. The van der Waals surface area contributed by atoms with Gasteiger partial charge in [-0.3, -0.25) is 0 Å². The van der Waals surface area contributed by atoms with Gasteiger partial charge in [-0.25, -0.2) is 5.10 Å². The van der Waals surface area contributed by atoms with Gasteiger partial charge in [-0.05, 0) is 17.9 Å². The van der Waals surface area contributed by atoms with E-state index in [0.717, 1.165) is 38.4 Å². The highest BCUT2D eigenvalue weighted by Gasteiger charge is 2.26. The molecule has 0 aromatic carbocycles. The molecule has 20 heavy (non-hydrogen) atoms. The van der Waals surface area contributed by atoms with Crippen LogP contribution >= 0.6 is 0 Å². The highest BCUT2D eigenvalue weighted by Crippen LogP contribution is 2.34. The molecule has 1 fully saturated rings. The van der Waals surface area contributed by atoms with Gasteiger partial charge in [0.15, 0.2) is 0 Å². The number of nitrogens with zero attached hydrogens (tertiary/aromatic N) is 3. The number of hydrogen-bond acceptors (Lipinski definition) is 5. The molecule has 6 nitrogen and oxygen atoms in total. The third-order valence-electron chi connectivity index (χ3n) is 3.60. The first kappa shape index (κ1) is 13.2. The molecule has 1 aromatic rings. The van der Waals surface area contributed by atoms with Crippen LogP contribution in [0.2, 0.25) is 0 Å². The maximum atomic E-state index is 5.43. The molecule has 6 heteroatoms. The highest BCUT2D eigenvalue weighted by atomic mass is 16.5. The summed E-state index contributed by atoms with van der Waals surface area (Å²) in [6.07, 6.45) is 7.01. The van der Waals surface area contributed by atoms with E-state index in [4.69, 9.17) is 4.74 Å². The van der Waals surface area contributed by atoms with Crippen molar-refractivity contribution in [3.05, 3.63) is 29.9 Å². The minimum atomic E-state index is 0.130. The first-order chi connectivity index (χ1) is 9.62. The number of anilines is 1. The van der Waals surface area contributed by atoms with Gasteiger partial charge in [-0.2, -0.15) is 10.1 Å². The topological polar surface area (TPSA) is 66.1 Å². The largest absolute Gasteiger partial charge is 0.378 e. The second-order valence-corrected chi connectivity index (χ2v) is 5.96. The molecule has 2 N–H and O–H groups in total. The van der Waals surface area contributed by atoms with Crippen molar-refractivity contribution in [1.82, 2.24) is 20.1 Å². The molecular formula is C14H21N5O. The summed E-state index contributed by atoms with van der Waals surface area (Å²) in [7, 11) is 0. The molecule has 0 amide bonds. The van der Waals surface area contributed by atoms with Crippen LogP contribution in [0.3, 0.4) is 0 Å². The fourth-order valence-corrected chi connectivity index (χ4v) is 2.74. The third-order valence-corrected chi connectivity index (χ3v) is 3.60. The van der Waals surface area contributed by atoms with Gasteiger partial charge < -0.3 is 15.0 Å². The Bertz CT molecular complexity index is 512. The normalized spacial score (nSPS) is 22.2. The fourth-order valence-electron chi connectivity index (χ4n) is 2.74. The maximum absolute atomic E-state index is 5.43. The van der Waals surface area contributed by atoms with Gasteiger partial charge in [0.05, 0.1) is 13.2 Å².